The molecule has 2 aromatic rings. The van der Waals surface area contributed by atoms with Gasteiger partial charge in [0.1, 0.15) is 11.7 Å². The van der Waals surface area contributed by atoms with Crippen LogP contribution < -0.4 is 10.1 Å². The molecule has 8 heteroatoms. The zero-order valence-corrected chi connectivity index (χ0v) is 14.2. The summed E-state index contributed by atoms with van der Waals surface area (Å²) in [6, 6.07) is 9.86. The van der Waals surface area contributed by atoms with Gasteiger partial charge in [0.05, 0.1) is 12.7 Å². The summed E-state index contributed by atoms with van der Waals surface area (Å²) in [6.07, 6.45) is -4.91. The van der Waals surface area contributed by atoms with E-state index in [0.717, 1.165) is 6.07 Å². The average molecular weight is 379 g/mol. The van der Waals surface area contributed by atoms with Crippen LogP contribution in [0.2, 0.25) is 0 Å². The van der Waals surface area contributed by atoms with Crippen LogP contribution in [0.3, 0.4) is 0 Å². The molecular weight excluding hydrogens is 363 g/mol. The highest BCUT2D eigenvalue weighted by atomic mass is 19.4. The quantitative estimate of drug-likeness (QED) is 0.798. The van der Waals surface area contributed by atoms with Gasteiger partial charge in [0, 0.05) is 11.6 Å². The number of halogens is 3. The van der Waals surface area contributed by atoms with Crippen LogP contribution >= 0.6 is 0 Å². The van der Waals surface area contributed by atoms with Crippen LogP contribution in [-0.2, 0) is 22.2 Å². The molecule has 1 aliphatic heterocycles. The lowest BCUT2D eigenvalue weighted by Gasteiger charge is -2.23. The predicted molar refractivity (Wildman–Crippen MR) is 90.6 cm³/mol. The lowest BCUT2D eigenvalue weighted by atomic mass is 9.80. The van der Waals surface area contributed by atoms with Crippen molar-refractivity contribution in [2.45, 2.75) is 18.5 Å². The molecule has 2 N–H and O–H groups in total. The third kappa shape index (κ3) is 3.47. The third-order valence-electron chi connectivity index (χ3n) is 4.65. The van der Waals surface area contributed by atoms with Crippen LogP contribution in [0.15, 0.2) is 42.5 Å². The molecule has 0 spiro atoms. The van der Waals surface area contributed by atoms with Gasteiger partial charge >= 0.3 is 12.1 Å². The van der Waals surface area contributed by atoms with Crippen molar-refractivity contribution >= 4 is 17.6 Å². The number of carboxylic acid groups (broad SMARTS) is 1. The number of carboxylic acids is 1. The number of carbonyl (C=O) groups is 2. The van der Waals surface area contributed by atoms with E-state index in [1.807, 2.05) is 0 Å². The smallest absolute Gasteiger partial charge is 0.416 e. The third-order valence-corrected chi connectivity index (χ3v) is 4.65. The van der Waals surface area contributed by atoms with Gasteiger partial charge < -0.3 is 15.2 Å². The summed E-state index contributed by atoms with van der Waals surface area (Å²) in [5.74, 6) is -4.55. The van der Waals surface area contributed by atoms with Crippen LogP contribution in [-0.4, -0.2) is 24.1 Å². The summed E-state index contributed by atoms with van der Waals surface area (Å²) in [5, 5.41) is 12.0. The number of para-hydroxylation sites is 1. The van der Waals surface area contributed by atoms with E-state index in [2.05, 4.69) is 5.32 Å². The van der Waals surface area contributed by atoms with Crippen molar-refractivity contribution in [1.29, 1.82) is 0 Å². The van der Waals surface area contributed by atoms with Crippen molar-refractivity contribution in [3.8, 4) is 5.75 Å². The number of alkyl halides is 3. The number of hydrogen-bond acceptors (Lipinski definition) is 3. The maximum atomic E-state index is 13.5. The van der Waals surface area contributed by atoms with E-state index in [-0.39, 0.29) is 17.7 Å². The Bertz CT molecular complexity index is 895. The summed E-state index contributed by atoms with van der Waals surface area (Å²) in [7, 11) is 1.38. The van der Waals surface area contributed by atoms with Crippen molar-refractivity contribution < 1.29 is 32.6 Å². The fourth-order valence-corrected chi connectivity index (χ4v) is 3.47. The Hall–Kier alpha value is -3.03. The highest BCUT2D eigenvalue weighted by molar-refractivity contribution is 6.06. The summed E-state index contributed by atoms with van der Waals surface area (Å²) < 4.78 is 45.7. The number of benzene rings is 2. The molecule has 0 radical (unpaired) electrons. The summed E-state index contributed by atoms with van der Waals surface area (Å²) >= 11 is 0. The minimum atomic E-state index is -4.63. The molecule has 3 rings (SSSR count). The zero-order chi connectivity index (χ0) is 19.8. The molecule has 0 fully saturated rings. The van der Waals surface area contributed by atoms with Gasteiger partial charge in [0.15, 0.2) is 0 Å². The van der Waals surface area contributed by atoms with E-state index >= 15 is 0 Å². The lowest BCUT2D eigenvalue weighted by Crippen LogP contribution is -2.33. The number of hydrogen-bond donors (Lipinski definition) is 2. The number of aliphatic carboxylic acids is 1. The van der Waals surface area contributed by atoms with Gasteiger partial charge in [-0.15, -0.1) is 0 Å². The van der Waals surface area contributed by atoms with Gasteiger partial charge in [0.2, 0.25) is 5.91 Å². The van der Waals surface area contributed by atoms with E-state index in [4.69, 9.17) is 4.74 Å². The Morgan fingerprint density at radius 3 is 2.52 bits per heavy atom. The monoisotopic (exact) mass is 379 g/mol. The minimum Gasteiger partial charge on any atom is -0.496 e. The maximum absolute atomic E-state index is 13.5. The van der Waals surface area contributed by atoms with Gasteiger partial charge in [-0.2, -0.15) is 13.2 Å². The summed E-state index contributed by atoms with van der Waals surface area (Å²) in [4.78, 5) is 24.4. The van der Waals surface area contributed by atoms with E-state index in [9.17, 15) is 27.9 Å². The normalized spacial score (nSPS) is 19.6. The topological polar surface area (TPSA) is 75.6 Å². The number of carbonyl (C=O) groups excluding carboxylic acids is 1. The van der Waals surface area contributed by atoms with Crippen LogP contribution in [0.4, 0.5) is 18.9 Å². The average Bonchev–Trinajstić information content (AvgIpc) is 2.75. The van der Waals surface area contributed by atoms with Gasteiger partial charge in [-0.3, -0.25) is 9.59 Å². The summed E-state index contributed by atoms with van der Waals surface area (Å²) in [6.45, 7) is 0. The Balaban J connectivity index is 2.22. The second-order valence-electron chi connectivity index (χ2n) is 6.19. The number of amides is 1. The first kappa shape index (κ1) is 18.8. The zero-order valence-electron chi connectivity index (χ0n) is 14.2. The second kappa shape index (κ2) is 6.94. The van der Waals surface area contributed by atoms with Crippen LogP contribution in [0.1, 0.15) is 22.6 Å². The Morgan fingerprint density at radius 2 is 1.89 bits per heavy atom. The molecule has 27 heavy (non-hydrogen) atoms. The molecule has 0 saturated carbocycles. The first-order valence-corrected chi connectivity index (χ1v) is 8.09. The number of methoxy groups -OCH3 is 1. The molecule has 142 valence electrons. The second-order valence-corrected chi connectivity index (χ2v) is 6.19. The Labute approximate surface area is 152 Å². The maximum Gasteiger partial charge on any atom is 0.416 e. The van der Waals surface area contributed by atoms with Crippen molar-refractivity contribution in [3.63, 3.8) is 0 Å². The number of anilines is 1. The number of ether oxygens (including phenoxy) is 1. The van der Waals surface area contributed by atoms with Crippen molar-refractivity contribution in [3.05, 3.63) is 59.2 Å². The Morgan fingerprint density at radius 1 is 1.19 bits per heavy atom. The summed E-state index contributed by atoms with van der Waals surface area (Å²) in [5.41, 5.74) is -0.699. The fourth-order valence-electron chi connectivity index (χ4n) is 3.47. The molecule has 0 bridgehead atoms. The van der Waals surface area contributed by atoms with Gasteiger partial charge in [-0.25, -0.2) is 0 Å². The molecule has 0 aliphatic carbocycles. The SMILES string of the molecule is COc1ccccc1C1Cc2c(cccc2C(F)(F)F)NC(=O)C1C(=O)O. The minimum absolute atomic E-state index is 0.0292. The van der Waals surface area contributed by atoms with E-state index < -0.39 is 35.5 Å². The molecule has 2 unspecified atom stereocenters. The van der Waals surface area contributed by atoms with Crippen LogP contribution in [0, 0.1) is 5.92 Å². The molecular formula is C19H16F3NO4. The van der Waals surface area contributed by atoms with Gasteiger partial charge in [0.25, 0.3) is 0 Å². The molecule has 2 aromatic carbocycles. The lowest BCUT2D eigenvalue weighted by molar-refractivity contribution is -0.146. The Kier molecular flexibility index (Phi) is 4.82. The molecule has 2 atom stereocenters. The standard InChI is InChI=1S/C19H16F3NO4/c1-27-15-8-3-2-5-10(15)11-9-12-13(19(20,21)22)6-4-7-14(12)23-17(24)16(11)18(25)26/h2-8,11,16H,9H2,1H3,(H,23,24)(H,25,26). The number of rotatable bonds is 3. The van der Waals surface area contributed by atoms with Crippen molar-refractivity contribution in [1.82, 2.24) is 0 Å². The van der Waals surface area contributed by atoms with Crippen LogP contribution in [0.5, 0.6) is 5.75 Å². The first-order chi connectivity index (χ1) is 12.7. The predicted octanol–water partition coefficient (Wildman–Crippen LogP) is 3.69. The van der Waals surface area contributed by atoms with Gasteiger partial charge in [-0.05, 0) is 35.7 Å². The molecule has 1 heterocycles. The van der Waals surface area contributed by atoms with Crippen molar-refractivity contribution in [2.75, 3.05) is 12.4 Å². The van der Waals surface area contributed by atoms with Gasteiger partial charge in [-0.1, -0.05) is 24.3 Å². The fraction of sp³-hybridized carbons (Fsp3) is 0.263. The van der Waals surface area contributed by atoms with Crippen molar-refractivity contribution in [2.24, 2.45) is 5.92 Å². The van der Waals surface area contributed by atoms with E-state index in [1.54, 1.807) is 24.3 Å². The first-order valence-electron chi connectivity index (χ1n) is 8.09. The molecule has 5 nitrogen and oxygen atoms in total. The number of nitrogens with one attached hydrogen (secondary N) is 1. The van der Waals surface area contributed by atoms with Crippen LogP contribution in [0.25, 0.3) is 0 Å². The molecule has 1 amide bonds. The van der Waals surface area contributed by atoms with E-state index in [0.29, 0.717) is 11.3 Å². The highest BCUT2D eigenvalue weighted by Gasteiger charge is 2.43. The number of fused-ring (bicyclic) bond motifs is 1. The largest absolute Gasteiger partial charge is 0.496 e. The molecule has 0 saturated heterocycles. The highest BCUT2D eigenvalue weighted by Crippen LogP contribution is 2.43. The molecule has 1 aliphatic rings. The van der Waals surface area contributed by atoms with E-state index in [1.165, 1.54) is 19.2 Å². The molecule has 0 aromatic heterocycles.